The summed E-state index contributed by atoms with van der Waals surface area (Å²) in [5.41, 5.74) is 4.66. The number of hydrogen-bond acceptors (Lipinski definition) is 1. The molecule has 3 heteroatoms. The van der Waals surface area contributed by atoms with Crippen molar-refractivity contribution in [3.8, 4) is 0 Å². The molecule has 0 bridgehead atoms. The summed E-state index contributed by atoms with van der Waals surface area (Å²) in [6, 6.07) is 8.71. The van der Waals surface area contributed by atoms with Gasteiger partial charge in [-0.25, -0.2) is 0 Å². The van der Waals surface area contributed by atoms with Gasteiger partial charge in [-0.2, -0.15) is 0 Å². The van der Waals surface area contributed by atoms with Crippen molar-refractivity contribution in [3.63, 3.8) is 0 Å². The molecule has 0 saturated heterocycles. The van der Waals surface area contributed by atoms with Gasteiger partial charge in [0, 0.05) is 17.5 Å². The first kappa shape index (κ1) is 17.3. The number of para-hydroxylation sites is 1. The van der Waals surface area contributed by atoms with Gasteiger partial charge in [-0.15, -0.1) is 0 Å². The summed E-state index contributed by atoms with van der Waals surface area (Å²) in [6.45, 7) is 14.6. The number of nitrogens with zero attached hydrogens (tertiary/aromatic N) is 1. The van der Waals surface area contributed by atoms with Crippen molar-refractivity contribution in [1.29, 1.82) is 0 Å². The van der Waals surface area contributed by atoms with Gasteiger partial charge in [0.25, 0.3) is 0 Å². The normalized spacial score (nSPS) is 13.0. The second-order valence-electron chi connectivity index (χ2n) is 7.37. The Hall–Kier alpha value is -1.06. The van der Waals surface area contributed by atoms with Gasteiger partial charge in [-0.3, -0.25) is 0 Å². The molecule has 1 aromatic carbocycles. The Morgan fingerprint density at radius 3 is 2.00 bits per heavy atom. The lowest BCUT2D eigenvalue weighted by molar-refractivity contribution is 0.300. The highest BCUT2D eigenvalue weighted by atomic mass is 28.3. The predicted octanol–water partition coefficient (Wildman–Crippen LogP) is 5.20. The van der Waals surface area contributed by atoms with Crippen LogP contribution in [0.3, 0.4) is 0 Å². The minimum Gasteiger partial charge on any atom is -0.396 e. The number of aromatic nitrogens is 1. The zero-order chi connectivity index (χ0) is 16.5. The van der Waals surface area contributed by atoms with E-state index >= 15 is 0 Å². The van der Waals surface area contributed by atoms with Crippen LogP contribution in [0, 0.1) is 0 Å². The van der Waals surface area contributed by atoms with Crippen molar-refractivity contribution < 1.29 is 5.11 Å². The van der Waals surface area contributed by atoms with Crippen LogP contribution in [0.1, 0.15) is 47.1 Å². The molecule has 0 unspecified atom stereocenters. The highest BCUT2D eigenvalue weighted by Crippen LogP contribution is 2.44. The van der Waals surface area contributed by atoms with Gasteiger partial charge in [0.05, 0.1) is 0 Å². The summed E-state index contributed by atoms with van der Waals surface area (Å²) in [5.74, 6) is 0. The Labute approximate surface area is 136 Å². The molecule has 2 nitrogen and oxygen atoms in total. The Bertz CT molecular complexity index is 606. The van der Waals surface area contributed by atoms with E-state index in [1.807, 2.05) is 0 Å². The maximum atomic E-state index is 9.42. The maximum absolute atomic E-state index is 9.42. The molecule has 1 aromatic heterocycles. The zero-order valence-corrected chi connectivity index (χ0v) is 15.9. The SMILES string of the molecule is CC(C)[Si](C(C)C)(C(C)C)n1cc(CCO)c2ccccc21. The van der Waals surface area contributed by atoms with E-state index in [9.17, 15) is 5.11 Å². The second kappa shape index (κ2) is 6.59. The van der Waals surface area contributed by atoms with Crippen LogP contribution in [0.5, 0.6) is 0 Å². The highest BCUT2D eigenvalue weighted by molar-refractivity contribution is 6.82. The number of aliphatic hydroxyl groups is 1. The summed E-state index contributed by atoms with van der Waals surface area (Å²) < 4.78 is 2.65. The molecule has 0 amide bonds. The average Bonchev–Trinajstić information content (AvgIpc) is 2.79. The summed E-state index contributed by atoms with van der Waals surface area (Å²) >= 11 is 0. The van der Waals surface area contributed by atoms with Crippen LogP contribution in [0.25, 0.3) is 10.9 Å². The van der Waals surface area contributed by atoms with Gasteiger partial charge in [0.15, 0.2) is 8.24 Å². The number of hydrogen-bond donors (Lipinski definition) is 1. The van der Waals surface area contributed by atoms with Gasteiger partial charge in [-0.1, -0.05) is 59.7 Å². The van der Waals surface area contributed by atoms with Crippen molar-refractivity contribution in [2.75, 3.05) is 6.61 Å². The second-order valence-corrected chi connectivity index (χ2v) is 13.1. The number of benzene rings is 1. The topological polar surface area (TPSA) is 25.2 Å². The fourth-order valence-electron chi connectivity index (χ4n) is 4.72. The molecule has 2 aromatic rings. The molecular weight excluding hydrogens is 286 g/mol. The molecule has 0 radical (unpaired) electrons. The first-order valence-electron chi connectivity index (χ1n) is 8.57. The summed E-state index contributed by atoms with van der Waals surface area (Å²) in [4.78, 5) is 0. The first-order chi connectivity index (χ1) is 10.4. The Kier molecular flexibility index (Phi) is 5.18. The van der Waals surface area contributed by atoms with Crippen LogP contribution in [-0.4, -0.2) is 24.2 Å². The van der Waals surface area contributed by atoms with Crippen molar-refractivity contribution in [3.05, 3.63) is 36.0 Å². The van der Waals surface area contributed by atoms with Gasteiger partial charge in [0.1, 0.15) is 0 Å². The Morgan fingerprint density at radius 2 is 1.50 bits per heavy atom. The number of aliphatic hydroxyl groups excluding tert-OH is 1. The fraction of sp³-hybridized carbons (Fsp3) is 0.579. The third kappa shape index (κ3) is 2.54. The van der Waals surface area contributed by atoms with E-state index in [0.717, 1.165) is 6.42 Å². The first-order valence-corrected chi connectivity index (χ1v) is 10.8. The minimum atomic E-state index is -1.74. The Morgan fingerprint density at radius 1 is 0.955 bits per heavy atom. The lowest BCUT2D eigenvalue weighted by atomic mass is 10.1. The summed E-state index contributed by atoms with van der Waals surface area (Å²) in [6.07, 6.45) is 3.10. The van der Waals surface area contributed by atoms with Crippen LogP contribution in [-0.2, 0) is 6.42 Å². The van der Waals surface area contributed by atoms with Gasteiger partial charge >= 0.3 is 0 Å². The van der Waals surface area contributed by atoms with E-state index in [1.165, 1.54) is 16.5 Å². The minimum absolute atomic E-state index is 0.216. The molecule has 0 aliphatic heterocycles. The van der Waals surface area contributed by atoms with E-state index in [0.29, 0.717) is 16.6 Å². The monoisotopic (exact) mass is 317 g/mol. The van der Waals surface area contributed by atoms with Crippen molar-refractivity contribution in [2.24, 2.45) is 0 Å². The smallest absolute Gasteiger partial charge is 0.169 e. The standard InChI is InChI=1S/C19H31NOSi/c1-14(2)22(15(3)4,16(5)6)20-13-17(11-12-21)18-9-7-8-10-19(18)20/h7-10,13-16,21H,11-12H2,1-6H3. The molecule has 122 valence electrons. The van der Waals surface area contributed by atoms with Gasteiger partial charge in [0.2, 0.25) is 0 Å². The average molecular weight is 318 g/mol. The molecular formula is C19H31NOSi. The van der Waals surface area contributed by atoms with Crippen LogP contribution in [0.4, 0.5) is 0 Å². The fourth-order valence-corrected chi connectivity index (χ4v) is 11.4. The van der Waals surface area contributed by atoms with E-state index in [-0.39, 0.29) is 6.61 Å². The van der Waals surface area contributed by atoms with Crippen molar-refractivity contribution >= 4 is 19.1 Å². The van der Waals surface area contributed by atoms with Crippen LogP contribution in [0.15, 0.2) is 30.5 Å². The van der Waals surface area contributed by atoms with E-state index in [1.54, 1.807) is 0 Å². The largest absolute Gasteiger partial charge is 0.396 e. The molecule has 0 aliphatic rings. The molecule has 0 saturated carbocycles. The zero-order valence-electron chi connectivity index (χ0n) is 14.9. The molecule has 1 N–H and O–H groups in total. The van der Waals surface area contributed by atoms with Crippen LogP contribution < -0.4 is 0 Å². The highest BCUT2D eigenvalue weighted by Gasteiger charge is 2.45. The quantitative estimate of drug-likeness (QED) is 0.728. The maximum Gasteiger partial charge on any atom is 0.169 e. The van der Waals surface area contributed by atoms with E-state index in [4.69, 9.17) is 0 Å². The molecule has 22 heavy (non-hydrogen) atoms. The van der Waals surface area contributed by atoms with E-state index < -0.39 is 8.24 Å². The van der Waals surface area contributed by atoms with Crippen LogP contribution >= 0.6 is 0 Å². The van der Waals surface area contributed by atoms with Gasteiger partial charge in [-0.05, 0) is 40.9 Å². The lowest BCUT2D eigenvalue weighted by Crippen LogP contribution is -2.51. The molecule has 2 rings (SSSR count). The van der Waals surface area contributed by atoms with Crippen molar-refractivity contribution in [2.45, 2.75) is 64.6 Å². The Balaban J connectivity index is 2.80. The molecule has 1 heterocycles. The summed E-state index contributed by atoms with van der Waals surface area (Å²) in [7, 11) is -1.74. The number of fused-ring (bicyclic) bond motifs is 1. The lowest BCUT2D eigenvalue weighted by Gasteiger charge is -2.44. The molecule has 0 atom stereocenters. The van der Waals surface area contributed by atoms with Crippen molar-refractivity contribution in [1.82, 2.24) is 4.23 Å². The molecule has 0 fully saturated rings. The summed E-state index contributed by atoms with van der Waals surface area (Å²) in [5, 5.41) is 10.7. The predicted molar refractivity (Wildman–Crippen MR) is 99.2 cm³/mol. The van der Waals surface area contributed by atoms with E-state index in [2.05, 4.69) is 76.2 Å². The molecule has 0 aliphatic carbocycles. The van der Waals surface area contributed by atoms with Gasteiger partial charge < -0.3 is 9.34 Å². The third-order valence-corrected chi connectivity index (χ3v) is 12.1. The number of rotatable bonds is 6. The molecule has 0 spiro atoms. The van der Waals surface area contributed by atoms with Crippen LogP contribution in [0.2, 0.25) is 16.6 Å². The third-order valence-electron chi connectivity index (χ3n) is 5.37.